The molecule has 1 aromatic carbocycles. The van der Waals surface area contributed by atoms with Crippen LogP contribution in [0.25, 0.3) is 5.69 Å². The van der Waals surface area contributed by atoms with Crippen molar-refractivity contribution in [2.45, 2.75) is 20.3 Å². The van der Waals surface area contributed by atoms with Crippen molar-refractivity contribution in [3.63, 3.8) is 0 Å². The number of aromatic nitrogens is 4. The first kappa shape index (κ1) is 13.9. The van der Waals surface area contributed by atoms with E-state index < -0.39 is 0 Å². The van der Waals surface area contributed by atoms with Gasteiger partial charge in [-0.25, -0.2) is 4.68 Å². The standard InChI is InChI=1S/C13H19N5S/c1-3-19-8-4-7-14-12-5-6-13(11(2)9-12)18-10-15-16-17-18/h5-6,9-10,14H,3-4,7-8H2,1-2H3. The molecule has 0 unspecified atom stereocenters. The Morgan fingerprint density at radius 2 is 2.26 bits per heavy atom. The number of benzene rings is 1. The van der Waals surface area contributed by atoms with Gasteiger partial charge in [-0.3, -0.25) is 0 Å². The molecule has 0 bridgehead atoms. The quantitative estimate of drug-likeness (QED) is 0.788. The van der Waals surface area contributed by atoms with Gasteiger partial charge in [0.1, 0.15) is 6.33 Å². The highest BCUT2D eigenvalue weighted by molar-refractivity contribution is 7.99. The van der Waals surface area contributed by atoms with Gasteiger partial charge < -0.3 is 5.32 Å². The van der Waals surface area contributed by atoms with E-state index in [2.05, 4.69) is 46.8 Å². The van der Waals surface area contributed by atoms with Gasteiger partial charge in [-0.1, -0.05) is 6.92 Å². The second-order valence-corrected chi connectivity index (χ2v) is 5.63. The normalized spacial score (nSPS) is 10.6. The number of nitrogens with one attached hydrogen (secondary N) is 1. The number of thioether (sulfide) groups is 1. The van der Waals surface area contributed by atoms with Crippen molar-refractivity contribution < 1.29 is 0 Å². The van der Waals surface area contributed by atoms with E-state index in [1.54, 1.807) is 11.0 Å². The van der Waals surface area contributed by atoms with E-state index >= 15 is 0 Å². The molecule has 2 rings (SSSR count). The lowest BCUT2D eigenvalue weighted by atomic mass is 10.2. The van der Waals surface area contributed by atoms with Crippen molar-refractivity contribution in [3.8, 4) is 5.69 Å². The van der Waals surface area contributed by atoms with E-state index in [0.717, 1.165) is 23.5 Å². The summed E-state index contributed by atoms with van der Waals surface area (Å²) in [7, 11) is 0. The fourth-order valence-corrected chi connectivity index (χ4v) is 2.48. The van der Waals surface area contributed by atoms with Crippen LogP contribution in [0, 0.1) is 6.92 Å². The summed E-state index contributed by atoms with van der Waals surface area (Å²) in [6, 6.07) is 6.23. The Bertz CT molecular complexity index is 498. The van der Waals surface area contributed by atoms with E-state index in [0.29, 0.717) is 0 Å². The maximum atomic E-state index is 3.91. The molecular weight excluding hydrogens is 258 g/mol. The Hall–Kier alpha value is -1.56. The van der Waals surface area contributed by atoms with Crippen LogP contribution in [-0.2, 0) is 0 Å². The molecule has 0 radical (unpaired) electrons. The van der Waals surface area contributed by atoms with Gasteiger partial charge in [-0.15, -0.1) is 5.10 Å². The zero-order valence-electron chi connectivity index (χ0n) is 11.3. The van der Waals surface area contributed by atoms with E-state index in [-0.39, 0.29) is 0 Å². The molecule has 0 aliphatic heterocycles. The summed E-state index contributed by atoms with van der Waals surface area (Å²) >= 11 is 1.98. The number of tetrazole rings is 1. The molecule has 0 aliphatic rings. The number of nitrogens with zero attached hydrogens (tertiary/aromatic N) is 4. The maximum Gasteiger partial charge on any atom is 0.143 e. The third-order valence-corrected chi connectivity index (χ3v) is 3.78. The fourth-order valence-electron chi connectivity index (χ4n) is 1.85. The molecule has 6 heteroatoms. The summed E-state index contributed by atoms with van der Waals surface area (Å²) in [4.78, 5) is 0. The Morgan fingerprint density at radius 3 is 2.95 bits per heavy atom. The molecule has 2 aromatic rings. The van der Waals surface area contributed by atoms with Crippen molar-refractivity contribution in [3.05, 3.63) is 30.1 Å². The third kappa shape index (κ3) is 3.96. The van der Waals surface area contributed by atoms with Crippen LogP contribution < -0.4 is 5.32 Å². The average molecular weight is 277 g/mol. The van der Waals surface area contributed by atoms with Gasteiger partial charge in [-0.05, 0) is 59.0 Å². The first-order valence-electron chi connectivity index (χ1n) is 6.47. The molecule has 5 nitrogen and oxygen atoms in total. The molecule has 0 saturated heterocycles. The number of aryl methyl sites for hydroxylation is 1. The third-order valence-electron chi connectivity index (χ3n) is 2.79. The van der Waals surface area contributed by atoms with Gasteiger partial charge >= 0.3 is 0 Å². The van der Waals surface area contributed by atoms with Gasteiger partial charge in [0.2, 0.25) is 0 Å². The van der Waals surface area contributed by atoms with Gasteiger partial charge in [-0.2, -0.15) is 11.8 Å². The summed E-state index contributed by atoms with van der Waals surface area (Å²) < 4.78 is 1.68. The first-order chi connectivity index (χ1) is 9.31. The molecule has 0 amide bonds. The first-order valence-corrected chi connectivity index (χ1v) is 7.62. The zero-order chi connectivity index (χ0) is 13.5. The SMILES string of the molecule is CCSCCCNc1ccc(-n2cnnn2)c(C)c1. The van der Waals surface area contributed by atoms with Crippen molar-refractivity contribution in [1.29, 1.82) is 0 Å². The number of hydrogen-bond donors (Lipinski definition) is 1. The molecule has 0 atom stereocenters. The van der Waals surface area contributed by atoms with Crippen LogP contribution >= 0.6 is 11.8 Å². The second kappa shape index (κ2) is 7.13. The predicted molar refractivity (Wildman–Crippen MR) is 80.0 cm³/mol. The Balaban J connectivity index is 1.92. The number of hydrogen-bond acceptors (Lipinski definition) is 5. The number of rotatable bonds is 7. The lowest BCUT2D eigenvalue weighted by Gasteiger charge is -2.09. The van der Waals surface area contributed by atoms with Crippen molar-refractivity contribution in [2.75, 3.05) is 23.4 Å². The monoisotopic (exact) mass is 277 g/mol. The molecule has 0 saturated carbocycles. The maximum absolute atomic E-state index is 3.91. The molecular formula is C13H19N5S. The molecule has 19 heavy (non-hydrogen) atoms. The zero-order valence-corrected chi connectivity index (χ0v) is 12.2. The smallest absolute Gasteiger partial charge is 0.143 e. The molecule has 0 aliphatic carbocycles. The largest absolute Gasteiger partial charge is 0.385 e. The van der Waals surface area contributed by atoms with E-state index in [1.807, 2.05) is 17.8 Å². The molecule has 1 aromatic heterocycles. The second-order valence-electron chi connectivity index (χ2n) is 4.23. The minimum Gasteiger partial charge on any atom is -0.385 e. The summed E-state index contributed by atoms with van der Waals surface area (Å²) in [6.07, 6.45) is 2.80. The van der Waals surface area contributed by atoms with E-state index in [9.17, 15) is 0 Å². The summed E-state index contributed by atoms with van der Waals surface area (Å²) in [5, 5.41) is 14.7. The molecule has 0 spiro atoms. The van der Waals surface area contributed by atoms with Crippen LogP contribution in [0.5, 0.6) is 0 Å². The van der Waals surface area contributed by atoms with E-state index in [1.165, 1.54) is 17.9 Å². The molecule has 1 N–H and O–H groups in total. The highest BCUT2D eigenvalue weighted by atomic mass is 32.2. The minimum atomic E-state index is 1.01. The Morgan fingerprint density at radius 1 is 1.37 bits per heavy atom. The van der Waals surface area contributed by atoms with Gasteiger partial charge in [0.15, 0.2) is 0 Å². The van der Waals surface area contributed by atoms with Crippen LogP contribution in [0.2, 0.25) is 0 Å². The summed E-state index contributed by atoms with van der Waals surface area (Å²) in [5.74, 6) is 2.41. The van der Waals surface area contributed by atoms with Crippen LogP contribution in [-0.4, -0.2) is 38.3 Å². The predicted octanol–water partition coefficient (Wildman–Crippen LogP) is 2.53. The summed E-state index contributed by atoms with van der Waals surface area (Å²) in [5.41, 5.74) is 3.31. The van der Waals surface area contributed by atoms with E-state index in [4.69, 9.17) is 0 Å². The molecule has 1 heterocycles. The van der Waals surface area contributed by atoms with Crippen LogP contribution in [0.4, 0.5) is 5.69 Å². The van der Waals surface area contributed by atoms with Crippen LogP contribution in [0.1, 0.15) is 18.9 Å². The lowest BCUT2D eigenvalue weighted by Crippen LogP contribution is -2.04. The average Bonchev–Trinajstić information content (AvgIpc) is 2.92. The van der Waals surface area contributed by atoms with Crippen LogP contribution in [0.3, 0.4) is 0 Å². The highest BCUT2D eigenvalue weighted by Crippen LogP contribution is 2.17. The fraction of sp³-hybridized carbons (Fsp3) is 0.462. The van der Waals surface area contributed by atoms with Gasteiger partial charge in [0.05, 0.1) is 5.69 Å². The Labute approximate surface area is 117 Å². The topological polar surface area (TPSA) is 55.6 Å². The van der Waals surface area contributed by atoms with Crippen molar-refractivity contribution in [1.82, 2.24) is 20.2 Å². The summed E-state index contributed by atoms with van der Waals surface area (Å²) in [6.45, 7) is 5.27. The molecule has 0 fully saturated rings. The Kier molecular flexibility index (Phi) is 5.20. The number of anilines is 1. The van der Waals surface area contributed by atoms with Gasteiger partial charge in [0, 0.05) is 12.2 Å². The minimum absolute atomic E-state index is 1.01. The molecule has 102 valence electrons. The lowest BCUT2D eigenvalue weighted by molar-refractivity contribution is 0.785. The van der Waals surface area contributed by atoms with Gasteiger partial charge in [0.25, 0.3) is 0 Å². The van der Waals surface area contributed by atoms with Crippen molar-refractivity contribution in [2.24, 2.45) is 0 Å². The van der Waals surface area contributed by atoms with Crippen molar-refractivity contribution >= 4 is 17.4 Å². The van der Waals surface area contributed by atoms with Crippen LogP contribution in [0.15, 0.2) is 24.5 Å². The highest BCUT2D eigenvalue weighted by Gasteiger charge is 2.03.